The summed E-state index contributed by atoms with van der Waals surface area (Å²) in [6.07, 6.45) is 2.57. The van der Waals surface area contributed by atoms with Gasteiger partial charge in [0.05, 0.1) is 11.1 Å². The van der Waals surface area contributed by atoms with Crippen molar-refractivity contribution in [2.24, 2.45) is 10.9 Å². The van der Waals surface area contributed by atoms with E-state index in [4.69, 9.17) is 22.5 Å². The van der Waals surface area contributed by atoms with E-state index < -0.39 is 0 Å². The third-order valence-corrected chi connectivity index (χ3v) is 4.60. The fourth-order valence-corrected chi connectivity index (χ4v) is 2.84. The Morgan fingerprint density at radius 3 is 2.90 bits per heavy atom. The molecule has 7 heteroatoms. The highest BCUT2D eigenvalue weighted by molar-refractivity contribution is 9.10. The molecule has 1 aliphatic heterocycles. The fraction of sp³-hybridized carbons (Fsp3) is 0.385. The number of likely N-dealkylation sites (tertiary alicyclic amines) is 1. The molecule has 0 aliphatic carbocycles. The van der Waals surface area contributed by atoms with Gasteiger partial charge in [0, 0.05) is 16.6 Å². The molecule has 1 aromatic rings. The first-order chi connectivity index (χ1) is 9.54. The molecule has 2 rings (SSSR count). The van der Waals surface area contributed by atoms with Crippen LogP contribution in [0.2, 0.25) is 5.02 Å². The van der Waals surface area contributed by atoms with Gasteiger partial charge in [0.25, 0.3) is 5.91 Å². The summed E-state index contributed by atoms with van der Waals surface area (Å²) in [5.74, 6) is -0.0651. The first-order valence-electron chi connectivity index (χ1n) is 6.28. The van der Waals surface area contributed by atoms with Crippen molar-refractivity contribution in [2.75, 3.05) is 6.54 Å². The van der Waals surface area contributed by atoms with Crippen LogP contribution in [0.4, 0.5) is 0 Å². The summed E-state index contributed by atoms with van der Waals surface area (Å²) in [6, 6.07) is 4.67. The van der Waals surface area contributed by atoms with Crippen LogP contribution in [-0.4, -0.2) is 34.4 Å². The number of piperidine rings is 1. The predicted octanol–water partition coefficient (Wildman–Crippen LogP) is 2.84. The topological polar surface area (TPSA) is 78.9 Å². The summed E-state index contributed by atoms with van der Waals surface area (Å²) in [6.45, 7) is 0.597. The quantitative estimate of drug-likeness (QED) is 0.368. The number of amides is 1. The minimum Gasteiger partial charge on any atom is -0.409 e. The van der Waals surface area contributed by atoms with Crippen molar-refractivity contribution in [1.29, 1.82) is 0 Å². The number of halogens is 2. The highest BCUT2D eigenvalue weighted by Crippen LogP contribution is 2.26. The van der Waals surface area contributed by atoms with Crippen molar-refractivity contribution in [1.82, 2.24) is 4.90 Å². The highest BCUT2D eigenvalue weighted by Gasteiger charge is 2.30. The van der Waals surface area contributed by atoms with Gasteiger partial charge in [-0.1, -0.05) is 16.8 Å². The average molecular weight is 361 g/mol. The van der Waals surface area contributed by atoms with Crippen molar-refractivity contribution >= 4 is 39.3 Å². The number of hydrogen-bond donors (Lipinski definition) is 2. The molecule has 0 radical (unpaired) electrons. The molecule has 0 saturated carbocycles. The zero-order chi connectivity index (χ0) is 14.7. The van der Waals surface area contributed by atoms with Gasteiger partial charge in [-0.15, -0.1) is 0 Å². The zero-order valence-corrected chi connectivity index (χ0v) is 13.1. The number of carbonyl (C=O) groups excluding carboxylic acids is 1. The van der Waals surface area contributed by atoms with Crippen LogP contribution < -0.4 is 5.73 Å². The smallest absolute Gasteiger partial charge is 0.254 e. The number of benzene rings is 1. The minimum atomic E-state index is -0.351. The summed E-state index contributed by atoms with van der Waals surface area (Å²) >= 11 is 9.23. The summed E-state index contributed by atoms with van der Waals surface area (Å²) in [5.41, 5.74) is 6.21. The number of hydrogen-bond acceptors (Lipinski definition) is 3. The molecule has 1 atom stereocenters. The van der Waals surface area contributed by atoms with Crippen LogP contribution in [0.25, 0.3) is 0 Å². The maximum atomic E-state index is 12.6. The monoisotopic (exact) mass is 359 g/mol. The van der Waals surface area contributed by atoms with E-state index in [1.165, 1.54) is 0 Å². The van der Waals surface area contributed by atoms with Crippen molar-refractivity contribution in [3.05, 3.63) is 33.3 Å². The van der Waals surface area contributed by atoms with Crippen LogP contribution in [0, 0.1) is 0 Å². The average Bonchev–Trinajstić information content (AvgIpc) is 2.48. The van der Waals surface area contributed by atoms with Crippen molar-refractivity contribution in [3.8, 4) is 0 Å². The Morgan fingerprint density at radius 2 is 2.25 bits per heavy atom. The lowest BCUT2D eigenvalue weighted by atomic mass is 10.00. The van der Waals surface area contributed by atoms with Gasteiger partial charge >= 0.3 is 0 Å². The summed E-state index contributed by atoms with van der Waals surface area (Å²) in [7, 11) is 0. The standard InChI is InChI=1S/C13H15BrClN3O2/c14-9-7-8(4-5-10(9)15)13(19)18-6-2-1-3-11(18)12(16)17-20/h4-5,7,11,20H,1-3,6H2,(H2,16,17). The van der Waals surface area contributed by atoms with Crippen LogP contribution >= 0.6 is 27.5 Å². The molecule has 1 saturated heterocycles. The molecule has 108 valence electrons. The van der Waals surface area contributed by atoms with E-state index in [0.717, 1.165) is 12.8 Å². The lowest BCUT2D eigenvalue weighted by Gasteiger charge is -2.34. The maximum absolute atomic E-state index is 12.6. The fourth-order valence-electron chi connectivity index (χ4n) is 2.34. The molecular formula is C13H15BrClN3O2. The number of rotatable bonds is 2. The highest BCUT2D eigenvalue weighted by atomic mass is 79.9. The van der Waals surface area contributed by atoms with E-state index in [1.807, 2.05) is 0 Å². The minimum absolute atomic E-state index is 0.0751. The second-order valence-electron chi connectivity index (χ2n) is 4.66. The molecule has 1 amide bonds. The van der Waals surface area contributed by atoms with Crippen molar-refractivity contribution in [3.63, 3.8) is 0 Å². The van der Waals surface area contributed by atoms with E-state index in [1.54, 1.807) is 23.1 Å². The first kappa shape index (κ1) is 15.1. The van der Waals surface area contributed by atoms with Gasteiger partial charge in [0.15, 0.2) is 5.84 Å². The second kappa shape index (κ2) is 6.45. The van der Waals surface area contributed by atoms with Gasteiger partial charge in [-0.25, -0.2) is 0 Å². The Balaban J connectivity index is 2.27. The molecule has 0 aromatic heterocycles. The third-order valence-electron chi connectivity index (χ3n) is 3.39. The largest absolute Gasteiger partial charge is 0.409 e. The molecule has 1 aliphatic rings. The maximum Gasteiger partial charge on any atom is 0.254 e. The molecule has 5 nitrogen and oxygen atoms in total. The second-order valence-corrected chi connectivity index (χ2v) is 5.93. The number of amidine groups is 1. The predicted molar refractivity (Wildman–Crippen MR) is 81.2 cm³/mol. The van der Waals surface area contributed by atoms with Gasteiger partial charge in [-0.05, 0) is 53.4 Å². The van der Waals surface area contributed by atoms with Crippen LogP contribution in [0.1, 0.15) is 29.6 Å². The third kappa shape index (κ3) is 3.07. The Kier molecular flexibility index (Phi) is 4.88. The van der Waals surface area contributed by atoms with E-state index in [2.05, 4.69) is 21.1 Å². The molecule has 1 unspecified atom stereocenters. The van der Waals surface area contributed by atoms with E-state index in [-0.39, 0.29) is 17.8 Å². The lowest BCUT2D eigenvalue weighted by molar-refractivity contribution is 0.0676. The Hall–Kier alpha value is -1.27. The molecular weight excluding hydrogens is 346 g/mol. The number of nitrogens with two attached hydrogens (primary N) is 1. The summed E-state index contributed by atoms with van der Waals surface area (Å²) in [4.78, 5) is 14.2. The van der Waals surface area contributed by atoms with Crippen LogP contribution in [-0.2, 0) is 0 Å². The first-order valence-corrected chi connectivity index (χ1v) is 7.45. The molecule has 1 aromatic carbocycles. The van der Waals surface area contributed by atoms with Crippen LogP contribution in [0.5, 0.6) is 0 Å². The zero-order valence-electron chi connectivity index (χ0n) is 10.7. The molecule has 1 fully saturated rings. The lowest BCUT2D eigenvalue weighted by Crippen LogP contribution is -2.50. The van der Waals surface area contributed by atoms with Crippen molar-refractivity contribution < 1.29 is 10.0 Å². The van der Waals surface area contributed by atoms with Gasteiger partial charge in [-0.3, -0.25) is 4.79 Å². The Morgan fingerprint density at radius 1 is 1.50 bits per heavy atom. The van der Waals surface area contributed by atoms with Gasteiger partial charge in [0.1, 0.15) is 0 Å². The number of oxime groups is 1. The van der Waals surface area contributed by atoms with E-state index in [0.29, 0.717) is 28.0 Å². The normalized spacial score (nSPS) is 20.0. The molecule has 0 bridgehead atoms. The van der Waals surface area contributed by atoms with Gasteiger partial charge in [0.2, 0.25) is 0 Å². The Bertz CT molecular complexity index is 550. The van der Waals surface area contributed by atoms with Crippen LogP contribution in [0.3, 0.4) is 0 Å². The molecule has 1 heterocycles. The molecule has 0 spiro atoms. The van der Waals surface area contributed by atoms with Crippen molar-refractivity contribution in [2.45, 2.75) is 25.3 Å². The van der Waals surface area contributed by atoms with Crippen LogP contribution in [0.15, 0.2) is 27.8 Å². The Labute approximate surface area is 130 Å². The van der Waals surface area contributed by atoms with E-state index in [9.17, 15) is 4.79 Å². The molecule has 3 N–H and O–H groups in total. The van der Waals surface area contributed by atoms with E-state index >= 15 is 0 Å². The summed E-state index contributed by atoms with van der Waals surface area (Å²) in [5, 5.41) is 12.4. The number of carbonyl (C=O) groups is 1. The number of nitrogens with zero attached hydrogens (tertiary/aromatic N) is 2. The SMILES string of the molecule is N/C(=N/O)C1CCCCN1C(=O)c1ccc(Cl)c(Br)c1. The van der Waals surface area contributed by atoms with Gasteiger partial charge < -0.3 is 15.8 Å². The molecule has 20 heavy (non-hydrogen) atoms. The van der Waals surface area contributed by atoms with Gasteiger partial charge in [-0.2, -0.15) is 0 Å². The summed E-state index contributed by atoms with van der Waals surface area (Å²) < 4.78 is 0.669.